The lowest BCUT2D eigenvalue weighted by Gasteiger charge is -2.25. The van der Waals surface area contributed by atoms with Crippen molar-refractivity contribution >= 4 is 21.6 Å². The minimum absolute atomic E-state index is 0.173. The first-order valence-corrected chi connectivity index (χ1v) is 12.7. The van der Waals surface area contributed by atoms with Gasteiger partial charge in [0.2, 0.25) is 0 Å². The van der Waals surface area contributed by atoms with Crippen LogP contribution in [0.25, 0.3) is 0 Å². The Labute approximate surface area is 202 Å². The zero-order valence-electron chi connectivity index (χ0n) is 20.3. The first-order valence-electron chi connectivity index (χ1n) is 11.2. The molecule has 7 heteroatoms. The molecule has 34 heavy (non-hydrogen) atoms. The molecular formula is C27H32N2O4S. The fourth-order valence-electron chi connectivity index (χ4n) is 3.76. The maximum atomic E-state index is 13.4. The number of methoxy groups -OCH3 is 1. The molecule has 0 aliphatic heterocycles. The number of carbonyl (C=O) groups is 1. The number of anilines is 1. The number of para-hydroxylation sites is 1. The van der Waals surface area contributed by atoms with Gasteiger partial charge in [0.15, 0.2) is 0 Å². The second-order valence-electron chi connectivity index (χ2n) is 8.73. The molecule has 0 aromatic heterocycles. The number of nitrogens with one attached hydrogen (secondary N) is 1. The molecule has 3 aromatic rings. The van der Waals surface area contributed by atoms with E-state index in [4.69, 9.17) is 4.74 Å². The molecule has 0 saturated heterocycles. The van der Waals surface area contributed by atoms with Crippen LogP contribution in [-0.2, 0) is 10.0 Å². The Morgan fingerprint density at radius 2 is 1.59 bits per heavy atom. The highest BCUT2D eigenvalue weighted by Gasteiger charge is 2.26. The fourth-order valence-corrected chi connectivity index (χ4v) is 4.97. The van der Waals surface area contributed by atoms with Gasteiger partial charge in [0, 0.05) is 7.05 Å². The molecule has 1 N–H and O–H groups in total. The van der Waals surface area contributed by atoms with E-state index in [0.717, 1.165) is 27.6 Å². The van der Waals surface area contributed by atoms with Gasteiger partial charge < -0.3 is 10.1 Å². The average Bonchev–Trinajstić information content (AvgIpc) is 2.83. The molecule has 3 rings (SSSR count). The van der Waals surface area contributed by atoms with Crippen LogP contribution in [0.1, 0.15) is 47.8 Å². The third-order valence-corrected chi connectivity index (χ3v) is 7.48. The van der Waals surface area contributed by atoms with Crippen molar-refractivity contribution in [3.63, 3.8) is 0 Å². The van der Waals surface area contributed by atoms with Gasteiger partial charge in [-0.3, -0.25) is 9.10 Å². The van der Waals surface area contributed by atoms with Gasteiger partial charge in [-0.1, -0.05) is 55.8 Å². The summed E-state index contributed by atoms with van der Waals surface area (Å²) in [6.07, 6.45) is 0.734. The van der Waals surface area contributed by atoms with Crippen LogP contribution in [-0.4, -0.2) is 28.5 Å². The summed E-state index contributed by atoms with van der Waals surface area (Å²) in [6, 6.07) is 20.8. The van der Waals surface area contributed by atoms with Crippen LogP contribution >= 0.6 is 0 Å². The predicted molar refractivity (Wildman–Crippen MR) is 136 cm³/mol. The van der Waals surface area contributed by atoms with E-state index in [0.29, 0.717) is 17.2 Å². The van der Waals surface area contributed by atoms with E-state index in [2.05, 4.69) is 19.2 Å². The third kappa shape index (κ3) is 5.78. The normalized spacial score (nSPS) is 12.3. The standard InChI is InChI=1S/C27H32N2O4S/c1-19(2)18-25(21-12-14-22(33-5)15-13-21)28-27(30)24-8-6-7-9-26(24)29(4)34(31,32)23-16-10-20(3)11-17-23/h6-17,19,25H,18H2,1-5H3,(H,28,30). The van der Waals surface area contributed by atoms with E-state index in [1.807, 2.05) is 31.2 Å². The largest absolute Gasteiger partial charge is 0.497 e. The predicted octanol–water partition coefficient (Wildman–Crippen LogP) is 5.35. The van der Waals surface area contributed by atoms with Gasteiger partial charge in [0.25, 0.3) is 15.9 Å². The van der Waals surface area contributed by atoms with E-state index in [9.17, 15) is 13.2 Å². The van der Waals surface area contributed by atoms with Crippen molar-refractivity contribution in [1.29, 1.82) is 0 Å². The van der Waals surface area contributed by atoms with Crippen LogP contribution in [0.15, 0.2) is 77.7 Å². The van der Waals surface area contributed by atoms with Crippen molar-refractivity contribution in [2.24, 2.45) is 5.92 Å². The first kappa shape index (κ1) is 25.3. The van der Waals surface area contributed by atoms with Crippen LogP contribution in [0.3, 0.4) is 0 Å². The quantitative estimate of drug-likeness (QED) is 0.448. The van der Waals surface area contributed by atoms with Crippen molar-refractivity contribution in [1.82, 2.24) is 5.32 Å². The van der Waals surface area contributed by atoms with Crippen molar-refractivity contribution in [3.05, 3.63) is 89.5 Å². The topological polar surface area (TPSA) is 75.7 Å². The summed E-state index contributed by atoms with van der Waals surface area (Å²) >= 11 is 0. The minimum Gasteiger partial charge on any atom is -0.497 e. The Morgan fingerprint density at radius 3 is 2.18 bits per heavy atom. The summed E-state index contributed by atoms with van der Waals surface area (Å²) in [5.74, 6) is 0.752. The number of ether oxygens (including phenoxy) is 1. The van der Waals surface area contributed by atoms with E-state index >= 15 is 0 Å². The molecular weight excluding hydrogens is 448 g/mol. The number of nitrogens with zero attached hydrogens (tertiary/aromatic N) is 1. The summed E-state index contributed by atoms with van der Waals surface area (Å²) in [4.78, 5) is 13.6. The molecule has 3 aromatic carbocycles. The molecule has 0 fully saturated rings. The Morgan fingerprint density at radius 1 is 0.971 bits per heavy atom. The lowest BCUT2D eigenvalue weighted by Crippen LogP contribution is -2.33. The fraction of sp³-hybridized carbons (Fsp3) is 0.296. The molecule has 0 heterocycles. The number of rotatable bonds is 9. The highest BCUT2D eigenvalue weighted by atomic mass is 32.2. The Balaban J connectivity index is 1.92. The highest BCUT2D eigenvalue weighted by Crippen LogP contribution is 2.28. The van der Waals surface area contributed by atoms with E-state index in [1.165, 1.54) is 7.05 Å². The van der Waals surface area contributed by atoms with Crippen molar-refractivity contribution in [2.75, 3.05) is 18.5 Å². The van der Waals surface area contributed by atoms with Crippen molar-refractivity contribution in [2.45, 2.75) is 38.1 Å². The number of hydrogen-bond donors (Lipinski definition) is 1. The molecule has 1 amide bonds. The summed E-state index contributed by atoms with van der Waals surface area (Å²) in [7, 11) is -0.752. The number of benzene rings is 3. The number of carbonyl (C=O) groups excluding carboxylic acids is 1. The zero-order chi connectivity index (χ0) is 24.9. The van der Waals surface area contributed by atoms with Crippen LogP contribution in [0.5, 0.6) is 5.75 Å². The Bertz CT molecular complexity index is 1220. The SMILES string of the molecule is COc1ccc(C(CC(C)C)NC(=O)c2ccccc2N(C)S(=O)(=O)c2ccc(C)cc2)cc1. The van der Waals surface area contributed by atoms with E-state index < -0.39 is 10.0 Å². The lowest BCUT2D eigenvalue weighted by atomic mass is 9.96. The number of sulfonamides is 1. The third-order valence-electron chi connectivity index (χ3n) is 5.70. The van der Waals surface area contributed by atoms with Crippen molar-refractivity contribution in [3.8, 4) is 5.75 Å². The maximum absolute atomic E-state index is 13.4. The average molecular weight is 481 g/mol. The van der Waals surface area contributed by atoms with Crippen LogP contribution in [0.2, 0.25) is 0 Å². The second-order valence-corrected chi connectivity index (χ2v) is 10.7. The molecule has 0 radical (unpaired) electrons. The highest BCUT2D eigenvalue weighted by molar-refractivity contribution is 7.92. The smallest absolute Gasteiger partial charge is 0.264 e. The summed E-state index contributed by atoms with van der Waals surface area (Å²) in [6.45, 7) is 6.09. The second kappa shape index (κ2) is 10.7. The Hall–Kier alpha value is -3.32. The summed E-state index contributed by atoms with van der Waals surface area (Å²) < 4.78 is 32.9. The summed E-state index contributed by atoms with van der Waals surface area (Å²) in [5.41, 5.74) is 2.54. The maximum Gasteiger partial charge on any atom is 0.264 e. The van der Waals surface area contributed by atoms with Gasteiger partial charge in [-0.2, -0.15) is 0 Å². The van der Waals surface area contributed by atoms with Gasteiger partial charge in [0.05, 0.1) is 29.3 Å². The van der Waals surface area contributed by atoms with Crippen LogP contribution in [0, 0.1) is 12.8 Å². The van der Waals surface area contributed by atoms with E-state index in [-0.39, 0.29) is 16.8 Å². The zero-order valence-corrected chi connectivity index (χ0v) is 21.1. The molecule has 6 nitrogen and oxygen atoms in total. The van der Waals surface area contributed by atoms with Gasteiger partial charge in [-0.15, -0.1) is 0 Å². The van der Waals surface area contributed by atoms with Gasteiger partial charge >= 0.3 is 0 Å². The van der Waals surface area contributed by atoms with Crippen LogP contribution in [0.4, 0.5) is 5.69 Å². The van der Waals surface area contributed by atoms with Crippen molar-refractivity contribution < 1.29 is 17.9 Å². The number of amides is 1. The lowest BCUT2D eigenvalue weighted by molar-refractivity contribution is 0.0932. The van der Waals surface area contributed by atoms with Crippen LogP contribution < -0.4 is 14.4 Å². The Kier molecular flexibility index (Phi) is 7.99. The van der Waals surface area contributed by atoms with Gasteiger partial charge in [0.1, 0.15) is 5.75 Å². The monoisotopic (exact) mass is 480 g/mol. The number of aryl methyl sites for hydroxylation is 1. The summed E-state index contributed by atoms with van der Waals surface area (Å²) in [5, 5.41) is 3.11. The van der Waals surface area contributed by atoms with Gasteiger partial charge in [-0.25, -0.2) is 8.42 Å². The molecule has 180 valence electrons. The molecule has 0 bridgehead atoms. The molecule has 0 spiro atoms. The minimum atomic E-state index is -3.83. The molecule has 0 aliphatic rings. The molecule has 1 unspecified atom stereocenters. The first-order chi connectivity index (χ1) is 16.1. The van der Waals surface area contributed by atoms with Gasteiger partial charge in [-0.05, 0) is 61.2 Å². The molecule has 0 aliphatic carbocycles. The molecule has 1 atom stereocenters. The van der Waals surface area contributed by atoms with E-state index in [1.54, 1.807) is 55.6 Å². The molecule has 0 saturated carbocycles. The number of hydrogen-bond acceptors (Lipinski definition) is 4.